The Hall–Kier alpha value is -3.57. The van der Waals surface area contributed by atoms with Gasteiger partial charge in [0, 0.05) is 24.5 Å². The number of aliphatic carboxylic acids is 1. The van der Waals surface area contributed by atoms with Gasteiger partial charge in [-0.15, -0.1) is 0 Å². The molecular weight excluding hydrogens is 481 g/mol. The fourth-order valence-electron chi connectivity index (χ4n) is 5.05. The predicted molar refractivity (Wildman–Crippen MR) is 135 cm³/mol. The molecule has 0 aliphatic carbocycles. The van der Waals surface area contributed by atoms with Gasteiger partial charge >= 0.3 is 5.97 Å². The number of pyridine rings is 1. The Morgan fingerprint density at radius 3 is 2.73 bits per heavy atom. The molecule has 3 aromatic rings. The highest BCUT2D eigenvalue weighted by Crippen LogP contribution is 2.36. The highest BCUT2D eigenvalue weighted by atomic mass is 19.1. The molecule has 0 bridgehead atoms. The van der Waals surface area contributed by atoms with Gasteiger partial charge in [-0.2, -0.15) is 0 Å². The molecule has 0 amide bonds. The van der Waals surface area contributed by atoms with Gasteiger partial charge in [0.1, 0.15) is 23.6 Å². The minimum Gasteiger partial charge on any atom is -0.497 e. The van der Waals surface area contributed by atoms with Gasteiger partial charge in [-0.25, -0.2) is 13.2 Å². The number of methoxy groups -OCH3 is 1. The topological polar surface area (TPSA) is 62.7 Å². The number of rotatable bonds is 8. The van der Waals surface area contributed by atoms with Crippen molar-refractivity contribution in [2.75, 3.05) is 26.7 Å². The molecule has 5 nitrogen and oxygen atoms in total. The van der Waals surface area contributed by atoms with E-state index in [9.17, 15) is 18.7 Å². The average Bonchev–Trinajstić information content (AvgIpc) is 2.88. The summed E-state index contributed by atoms with van der Waals surface area (Å²) in [6.45, 7) is 1.41. The lowest BCUT2D eigenvalue weighted by molar-refractivity contribution is -0.139. The molecule has 0 saturated carbocycles. The Morgan fingerprint density at radius 2 is 2.00 bits per heavy atom. The highest BCUT2D eigenvalue weighted by molar-refractivity contribution is 5.83. The Labute approximate surface area is 214 Å². The van der Waals surface area contributed by atoms with Crippen molar-refractivity contribution in [3.05, 3.63) is 71.4 Å². The average molecular weight is 511 g/mol. The second kappa shape index (κ2) is 12.1. The van der Waals surface area contributed by atoms with Crippen LogP contribution in [0.3, 0.4) is 0 Å². The minimum atomic E-state index is -1.22. The zero-order chi connectivity index (χ0) is 26.4. The maximum Gasteiger partial charge on any atom is 0.303 e. The van der Waals surface area contributed by atoms with Crippen LogP contribution in [0.4, 0.5) is 13.2 Å². The van der Waals surface area contributed by atoms with Crippen molar-refractivity contribution in [2.45, 2.75) is 31.9 Å². The molecule has 1 unspecified atom stereocenters. The van der Waals surface area contributed by atoms with E-state index in [-0.39, 0.29) is 36.8 Å². The van der Waals surface area contributed by atoms with Crippen LogP contribution in [-0.2, 0) is 4.79 Å². The molecule has 0 spiro atoms. The van der Waals surface area contributed by atoms with Gasteiger partial charge in [-0.05, 0) is 79.6 Å². The molecule has 2 heterocycles. The van der Waals surface area contributed by atoms with Gasteiger partial charge < -0.3 is 9.84 Å². The van der Waals surface area contributed by atoms with Gasteiger partial charge in [0.2, 0.25) is 0 Å². The quantitative estimate of drug-likeness (QED) is 0.390. The first-order valence-corrected chi connectivity index (χ1v) is 12.3. The third-order valence-electron chi connectivity index (χ3n) is 7.00. The summed E-state index contributed by atoms with van der Waals surface area (Å²) in [5.41, 5.74) is 0.968. The highest BCUT2D eigenvalue weighted by Gasteiger charge is 2.31. The molecule has 0 radical (unpaired) electrons. The molecule has 1 N–H and O–H groups in total. The zero-order valence-electron chi connectivity index (χ0n) is 20.6. The van der Waals surface area contributed by atoms with E-state index in [1.807, 2.05) is 4.90 Å². The largest absolute Gasteiger partial charge is 0.497 e. The number of carboxylic acid groups (broad SMARTS) is 1. The molecule has 2 aromatic carbocycles. The lowest BCUT2D eigenvalue weighted by Crippen LogP contribution is -2.41. The van der Waals surface area contributed by atoms with E-state index in [1.54, 1.807) is 37.6 Å². The van der Waals surface area contributed by atoms with Crippen LogP contribution in [0.1, 0.15) is 43.0 Å². The van der Waals surface area contributed by atoms with Gasteiger partial charge in [-0.3, -0.25) is 14.7 Å². The second-order valence-corrected chi connectivity index (χ2v) is 9.37. The maximum absolute atomic E-state index is 15.4. The monoisotopic (exact) mass is 510 g/mol. The smallest absolute Gasteiger partial charge is 0.303 e. The van der Waals surface area contributed by atoms with Crippen LogP contribution in [-0.4, -0.2) is 47.7 Å². The summed E-state index contributed by atoms with van der Waals surface area (Å²) in [4.78, 5) is 17.8. The Kier molecular flexibility index (Phi) is 8.67. The predicted octanol–water partition coefficient (Wildman–Crippen LogP) is 5.78. The third kappa shape index (κ3) is 6.60. The summed E-state index contributed by atoms with van der Waals surface area (Å²) in [6, 6.07) is 10.6. The molecule has 1 saturated heterocycles. The molecule has 4 rings (SSSR count). The van der Waals surface area contributed by atoms with Crippen molar-refractivity contribution >= 4 is 16.9 Å². The van der Waals surface area contributed by atoms with E-state index in [0.717, 1.165) is 12.1 Å². The van der Waals surface area contributed by atoms with E-state index < -0.39 is 23.8 Å². The molecule has 194 valence electrons. The van der Waals surface area contributed by atoms with Crippen molar-refractivity contribution in [1.82, 2.24) is 9.88 Å². The molecule has 8 heteroatoms. The lowest BCUT2D eigenvalue weighted by atomic mass is 9.79. The number of nitrogens with zero attached hydrogens (tertiary/aromatic N) is 2. The van der Waals surface area contributed by atoms with E-state index in [0.29, 0.717) is 48.1 Å². The van der Waals surface area contributed by atoms with Crippen LogP contribution in [0, 0.1) is 35.3 Å². The van der Waals surface area contributed by atoms with E-state index in [4.69, 9.17) is 4.74 Å². The van der Waals surface area contributed by atoms with E-state index >= 15 is 4.39 Å². The normalized spacial score (nSPS) is 18.7. The van der Waals surface area contributed by atoms with Crippen LogP contribution in [0.15, 0.2) is 48.7 Å². The van der Waals surface area contributed by atoms with Crippen LogP contribution < -0.4 is 4.74 Å². The summed E-state index contributed by atoms with van der Waals surface area (Å²) in [7, 11) is 1.56. The number of ether oxygens (including phenoxy) is 1. The van der Waals surface area contributed by atoms with Gasteiger partial charge in [0.25, 0.3) is 0 Å². The van der Waals surface area contributed by atoms with Crippen LogP contribution in [0.5, 0.6) is 5.75 Å². The molecule has 1 aliphatic rings. The van der Waals surface area contributed by atoms with Crippen molar-refractivity contribution < 1.29 is 27.8 Å². The Morgan fingerprint density at radius 1 is 1.22 bits per heavy atom. The third-order valence-corrected chi connectivity index (χ3v) is 7.00. The summed E-state index contributed by atoms with van der Waals surface area (Å²) >= 11 is 0. The number of hydrogen-bond acceptors (Lipinski definition) is 4. The van der Waals surface area contributed by atoms with Gasteiger partial charge in [0.05, 0.1) is 24.7 Å². The molecular formula is C29H29F3N2O3. The number of benzene rings is 2. The molecule has 3 atom stereocenters. The van der Waals surface area contributed by atoms with Gasteiger partial charge in [-0.1, -0.05) is 17.9 Å². The molecule has 37 heavy (non-hydrogen) atoms. The summed E-state index contributed by atoms with van der Waals surface area (Å²) < 4.78 is 48.3. The Bertz CT molecular complexity index is 1300. The van der Waals surface area contributed by atoms with Crippen molar-refractivity contribution in [2.24, 2.45) is 11.8 Å². The molecule has 1 aliphatic heterocycles. The SMILES string of the molecule is COc1ccc2nccc(C(F)CC[C@@H]3CCN(CC#Cc4c(F)cccc4F)C[C@@H]3CC(=O)O)c2c1. The van der Waals surface area contributed by atoms with Gasteiger partial charge in [0.15, 0.2) is 0 Å². The summed E-state index contributed by atoms with van der Waals surface area (Å²) in [5, 5.41) is 10.2. The van der Waals surface area contributed by atoms with Crippen LogP contribution in [0.25, 0.3) is 10.9 Å². The first-order chi connectivity index (χ1) is 17.9. The Balaban J connectivity index is 1.40. The summed E-state index contributed by atoms with van der Waals surface area (Å²) in [5.74, 6) is 3.55. The first-order valence-electron chi connectivity index (χ1n) is 12.3. The fraction of sp³-hybridized carbons (Fsp3) is 0.379. The molecule has 1 aromatic heterocycles. The lowest BCUT2D eigenvalue weighted by Gasteiger charge is -2.37. The van der Waals surface area contributed by atoms with Crippen LogP contribution in [0.2, 0.25) is 0 Å². The van der Waals surface area contributed by atoms with E-state index in [1.165, 1.54) is 6.07 Å². The number of carboxylic acids is 1. The van der Waals surface area contributed by atoms with Crippen molar-refractivity contribution in [1.29, 1.82) is 0 Å². The number of hydrogen-bond donors (Lipinski definition) is 1. The fourth-order valence-corrected chi connectivity index (χ4v) is 5.05. The number of carbonyl (C=O) groups is 1. The number of piperidine rings is 1. The van der Waals surface area contributed by atoms with Crippen molar-refractivity contribution in [3.63, 3.8) is 0 Å². The minimum absolute atomic E-state index is 0.0249. The van der Waals surface area contributed by atoms with Crippen molar-refractivity contribution in [3.8, 4) is 17.6 Å². The number of halogens is 3. The number of aromatic nitrogens is 1. The number of fused-ring (bicyclic) bond motifs is 1. The second-order valence-electron chi connectivity index (χ2n) is 9.37. The first kappa shape index (κ1) is 26.5. The summed E-state index contributed by atoms with van der Waals surface area (Å²) in [6.07, 6.45) is 1.86. The standard InChI is InChI=1S/C29H29F3N2O3/c1-37-21-8-10-28-24(17-21)22(11-13-33-28)27(32)9-7-19-12-15-34(18-20(19)16-29(35)36)14-3-4-23-25(30)5-2-6-26(23)31/h2,5-6,8,10-11,13,17,19-20,27H,7,9,12,14-16,18H2,1H3,(H,35,36)/t19-,20+,27?/m1/s1. The van der Waals surface area contributed by atoms with Crippen LogP contribution >= 0.6 is 0 Å². The number of alkyl halides is 1. The number of likely N-dealkylation sites (tertiary alicyclic amines) is 1. The van der Waals surface area contributed by atoms with E-state index in [2.05, 4.69) is 16.8 Å². The maximum atomic E-state index is 15.4. The zero-order valence-corrected chi connectivity index (χ0v) is 20.6. The molecule has 1 fully saturated rings.